The molecule has 7 nitrogen and oxygen atoms in total. The Hall–Kier alpha value is -2.25. The molecule has 1 atom stereocenters. The van der Waals surface area contributed by atoms with Gasteiger partial charge in [0.1, 0.15) is 0 Å². The molecular weight excluding hydrogens is 344 g/mol. The lowest BCUT2D eigenvalue weighted by molar-refractivity contribution is -0.125. The third-order valence-corrected chi connectivity index (χ3v) is 4.87. The smallest absolute Gasteiger partial charge is 0.257 e. The Morgan fingerprint density at radius 3 is 2.52 bits per heavy atom. The van der Waals surface area contributed by atoms with E-state index in [0.717, 1.165) is 30.4 Å². The molecule has 2 heterocycles. The van der Waals surface area contributed by atoms with Crippen LogP contribution in [0.15, 0.2) is 28.8 Å². The zero-order chi connectivity index (χ0) is 16.7. The van der Waals surface area contributed by atoms with E-state index in [1.165, 1.54) is 0 Å². The van der Waals surface area contributed by atoms with Gasteiger partial charge in [0.25, 0.3) is 5.89 Å². The van der Waals surface area contributed by atoms with Crippen LogP contribution in [-0.2, 0) is 21.5 Å². The summed E-state index contributed by atoms with van der Waals surface area (Å²) >= 11 is 0. The molecule has 4 rings (SSSR count). The van der Waals surface area contributed by atoms with Crippen LogP contribution in [0.4, 0.5) is 0 Å². The van der Waals surface area contributed by atoms with Crippen molar-refractivity contribution in [2.75, 3.05) is 0 Å². The van der Waals surface area contributed by atoms with Crippen molar-refractivity contribution in [3.63, 3.8) is 0 Å². The first-order valence-corrected chi connectivity index (χ1v) is 8.10. The fourth-order valence-electron chi connectivity index (χ4n) is 3.16. The number of hydrogen-bond acceptors (Lipinski definition) is 6. The predicted molar refractivity (Wildman–Crippen MR) is 91.7 cm³/mol. The van der Waals surface area contributed by atoms with Crippen molar-refractivity contribution in [2.45, 2.75) is 37.6 Å². The summed E-state index contributed by atoms with van der Waals surface area (Å²) in [5.74, 6) is 0.330. The van der Waals surface area contributed by atoms with E-state index in [2.05, 4.69) is 15.5 Å². The number of hydrogen-bond donors (Lipinski definition) is 2. The normalized spacial score (nSPS) is 21.4. The topological polar surface area (TPSA) is 111 Å². The van der Waals surface area contributed by atoms with Crippen LogP contribution < -0.4 is 11.1 Å². The van der Waals surface area contributed by atoms with Gasteiger partial charge in [-0.25, -0.2) is 0 Å². The van der Waals surface area contributed by atoms with Gasteiger partial charge < -0.3 is 10.3 Å². The number of nitrogens with two attached hydrogens (primary N) is 1. The maximum Gasteiger partial charge on any atom is 0.257 e. The summed E-state index contributed by atoms with van der Waals surface area (Å²) in [5.41, 5.74) is 7.57. The molecule has 1 aliphatic heterocycles. The van der Waals surface area contributed by atoms with Crippen LogP contribution in [0, 0.1) is 5.92 Å². The number of amides is 2. The van der Waals surface area contributed by atoms with Gasteiger partial charge in [-0.2, -0.15) is 4.98 Å². The van der Waals surface area contributed by atoms with Crippen molar-refractivity contribution in [1.29, 1.82) is 0 Å². The maximum absolute atomic E-state index is 11.6. The minimum Gasteiger partial charge on any atom is -0.334 e. The van der Waals surface area contributed by atoms with Crippen molar-refractivity contribution in [3.8, 4) is 11.5 Å². The summed E-state index contributed by atoms with van der Waals surface area (Å²) in [7, 11) is 0. The fourth-order valence-corrected chi connectivity index (χ4v) is 3.16. The third kappa shape index (κ3) is 3.29. The molecule has 0 radical (unpaired) electrons. The molecule has 1 aromatic carbocycles. The molecule has 3 N–H and O–H groups in total. The highest BCUT2D eigenvalue weighted by atomic mass is 35.5. The number of imide groups is 1. The number of carbonyl (C=O) groups is 2. The van der Waals surface area contributed by atoms with Gasteiger partial charge in [-0.05, 0) is 43.4 Å². The van der Waals surface area contributed by atoms with E-state index in [1.54, 1.807) is 0 Å². The fraction of sp³-hybridized carbons (Fsp3) is 0.412. The van der Waals surface area contributed by atoms with Gasteiger partial charge in [0, 0.05) is 12.0 Å². The van der Waals surface area contributed by atoms with Gasteiger partial charge in [-0.15, -0.1) is 12.4 Å². The number of aromatic nitrogens is 2. The van der Waals surface area contributed by atoms with Crippen LogP contribution >= 0.6 is 12.4 Å². The lowest BCUT2D eigenvalue weighted by Gasteiger charge is -2.34. The number of benzene rings is 1. The Bertz CT molecular complexity index is 798. The number of rotatable bonds is 4. The van der Waals surface area contributed by atoms with Crippen LogP contribution in [0.25, 0.3) is 11.5 Å². The molecular formula is C17H19ClN4O3. The summed E-state index contributed by atoms with van der Waals surface area (Å²) in [6.07, 6.45) is 3.65. The number of nitrogens with zero attached hydrogens (tertiary/aromatic N) is 2. The second kappa shape index (κ2) is 6.57. The Kier molecular flexibility index (Phi) is 4.62. The summed E-state index contributed by atoms with van der Waals surface area (Å²) in [6.45, 7) is 0. The molecule has 2 aromatic rings. The lowest BCUT2D eigenvalue weighted by atomic mass is 9.77. The van der Waals surface area contributed by atoms with Crippen LogP contribution in [0.3, 0.4) is 0 Å². The van der Waals surface area contributed by atoms with Crippen LogP contribution in [0.2, 0.25) is 0 Å². The number of nitrogens with one attached hydrogen (secondary N) is 1. The first-order valence-electron chi connectivity index (χ1n) is 8.10. The van der Waals surface area contributed by atoms with E-state index in [0.29, 0.717) is 18.1 Å². The van der Waals surface area contributed by atoms with Crippen molar-refractivity contribution >= 4 is 24.2 Å². The van der Waals surface area contributed by atoms with Gasteiger partial charge in [0.15, 0.2) is 5.82 Å². The largest absolute Gasteiger partial charge is 0.334 e. The average Bonchev–Trinajstić information content (AvgIpc) is 3.13. The molecule has 8 heteroatoms. The standard InChI is InChI=1S/C17H18N4O3.ClH/c18-17(6-1-7-17)16-20-15(24-21-16)11-4-2-10(3-5-11)8-12-9-13(22)19-14(12)23;/h2-5,12H,1,6-9,18H2,(H,19,22,23);1H. The quantitative estimate of drug-likeness (QED) is 0.801. The van der Waals surface area contributed by atoms with E-state index >= 15 is 0 Å². The molecule has 0 bridgehead atoms. The second-order valence-corrected chi connectivity index (χ2v) is 6.65. The summed E-state index contributed by atoms with van der Waals surface area (Å²) in [4.78, 5) is 27.3. The monoisotopic (exact) mass is 362 g/mol. The molecule has 25 heavy (non-hydrogen) atoms. The van der Waals surface area contributed by atoms with Crippen LogP contribution in [-0.4, -0.2) is 22.0 Å². The first kappa shape index (κ1) is 17.6. The molecule has 1 saturated heterocycles. The molecule has 2 aliphatic rings. The first-order chi connectivity index (χ1) is 11.5. The van der Waals surface area contributed by atoms with Crippen LogP contribution in [0.1, 0.15) is 37.1 Å². The Morgan fingerprint density at radius 1 is 1.24 bits per heavy atom. The lowest BCUT2D eigenvalue weighted by Crippen LogP contribution is -2.44. The number of halogens is 1. The summed E-state index contributed by atoms with van der Waals surface area (Å²) < 4.78 is 5.33. The van der Waals surface area contributed by atoms with E-state index in [9.17, 15) is 9.59 Å². The third-order valence-electron chi connectivity index (χ3n) is 4.87. The van der Waals surface area contributed by atoms with E-state index in [1.807, 2.05) is 24.3 Å². The second-order valence-electron chi connectivity index (χ2n) is 6.65. The maximum atomic E-state index is 11.6. The van der Waals surface area contributed by atoms with E-state index in [-0.39, 0.29) is 36.6 Å². The molecule has 1 saturated carbocycles. The zero-order valence-electron chi connectivity index (χ0n) is 13.5. The van der Waals surface area contributed by atoms with Gasteiger partial charge in [-0.3, -0.25) is 14.9 Å². The minimum atomic E-state index is -0.440. The molecule has 0 spiro atoms. The van der Waals surface area contributed by atoms with Gasteiger partial charge >= 0.3 is 0 Å². The van der Waals surface area contributed by atoms with Crippen molar-refractivity contribution in [3.05, 3.63) is 35.7 Å². The van der Waals surface area contributed by atoms with Gasteiger partial charge in [-0.1, -0.05) is 17.3 Å². The Labute approximate surface area is 150 Å². The van der Waals surface area contributed by atoms with Crippen molar-refractivity contribution in [1.82, 2.24) is 15.5 Å². The molecule has 1 unspecified atom stereocenters. The minimum absolute atomic E-state index is 0. The summed E-state index contributed by atoms with van der Waals surface area (Å²) in [5, 5.41) is 6.34. The predicted octanol–water partition coefficient (Wildman–Crippen LogP) is 1.70. The van der Waals surface area contributed by atoms with Gasteiger partial charge in [0.2, 0.25) is 11.8 Å². The Balaban J connectivity index is 0.00000182. The van der Waals surface area contributed by atoms with Gasteiger partial charge in [0.05, 0.1) is 11.5 Å². The Morgan fingerprint density at radius 2 is 1.96 bits per heavy atom. The molecule has 132 valence electrons. The summed E-state index contributed by atoms with van der Waals surface area (Å²) in [6, 6.07) is 7.59. The van der Waals surface area contributed by atoms with E-state index in [4.69, 9.17) is 10.3 Å². The molecule has 1 aromatic heterocycles. The van der Waals surface area contributed by atoms with Crippen molar-refractivity contribution in [2.24, 2.45) is 11.7 Å². The molecule has 2 fully saturated rings. The zero-order valence-corrected chi connectivity index (χ0v) is 14.3. The van der Waals surface area contributed by atoms with Crippen molar-refractivity contribution < 1.29 is 14.1 Å². The van der Waals surface area contributed by atoms with E-state index < -0.39 is 5.54 Å². The highest BCUT2D eigenvalue weighted by Gasteiger charge is 2.39. The molecule has 1 aliphatic carbocycles. The highest BCUT2D eigenvalue weighted by Crippen LogP contribution is 2.37. The van der Waals surface area contributed by atoms with Crippen LogP contribution in [0.5, 0.6) is 0 Å². The number of carbonyl (C=O) groups excluding carboxylic acids is 2. The molecule has 2 amide bonds. The average molecular weight is 363 g/mol. The SMILES string of the molecule is Cl.NC1(c2noc(-c3ccc(CC4CC(=O)NC4=O)cc3)n2)CCC1. The highest BCUT2D eigenvalue weighted by molar-refractivity contribution is 6.03.